The minimum atomic E-state index is -0.709. The molecule has 0 aromatic rings. The van der Waals surface area contributed by atoms with Crippen molar-refractivity contribution in [1.29, 1.82) is 0 Å². The summed E-state index contributed by atoms with van der Waals surface area (Å²) in [5.41, 5.74) is -0.709. The van der Waals surface area contributed by atoms with Crippen molar-refractivity contribution < 1.29 is 5.11 Å². The molecule has 1 rings (SSSR count). The number of aliphatic hydroxyl groups is 1. The van der Waals surface area contributed by atoms with E-state index >= 15 is 0 Å². The van der Waals surface area contributed by atoms with Gasteiger partial charge in [-0.1, -0.05) is 25.7 Å². The molecule has 0 atom stereocenters. The molecule has 1 heterocycles. The molecule has 62 valence electrons. The predicted molar refractivity (Wildman–Crippen MR) is 45.1 cm³/mol. The summed E-state index contributed by atoms with van der Waals surface area (Å²) in [7, 11) is 1.98. The summed E-state index contributed by atoms with van der Waals surface area (Å²) in [6.45, 7) is 5.43. The molecule has 0 amide bonds. The van der Waals surface area contributed by atoms with E-state index in [0.717, 1.165) is 0 Å². The van der Waals surface area contributed by atoms with Gasteiger partial charge in [-0.05, 0) is 7.05 Å². The largest absolute Gasteiger partial charge is 0.375 e. The zero-order chi connectivity index (χ0) is 8.48. The second kappa shape index (κ2) is 2.84. The Kier molecular flexibility index (Phi) is 2.22. The SMILES string of the molecule is CC(C)C#CC1(O)CN(C)C1. The minimum absolute atomic E-state index is 0.352. The Labute approximate surface area is 68.2 Å². The molecule has 1 saturated heterocycles. The molecule has 0 aromatic carbocycles. The number of β-amino-alcohol motifs (C(OH)–C–C–N with tert-alkyl or cyclic N) is 1. The summed E-state index contributed by atoms with van der Waals surface area (Å²) in [6.07, 6.45) is 0. The van der Waals surface area contributed by atoms with Gasteiger partial charge in [-0.2, -0.15) is 0 Å². The summed E-state index contributed by atoms with van der Waals surface area (Å²) in [5.74, 6) is 6.22. The van der Waals surface area contributed by atoms with Gasteiger partial charge < -0.3 is 5.11 Å². The predicted octanol–water partition coefficient (Wildman–Crippen LogP) is 0.322. The van der Waals surface area contributed by atoms with Crippen LogP contribution in [0.15, 0.2) is 0 Å². The third-order valence-electron chi connectivity index (χ3n) is 1.66. The highest BCUT2D eigenvalue weighted by Gasteiger charge is 2.37. The van der Waals surface area contributed by atoms with E-state index in [4.69, 9.17) is 0 Å². The molecular formula is C9H15NO. The van der Waals surface area contributed by atoms with Crippen LogP contribution in [0.4, 0.5) is 0 Å². The number of likely N-dealkylation sites (N-methyl/N-ethyl adjacent to an activating group) is 1. The lowest BCUT2D eigenvalue weighted by Gasteiger charge is -2.40. The van der Waals surface area contributed by atoms with Crippen molar-refractivity contribution in [2.24, 2.45) is 5.92 Å². The molecule has 0 unspecified atom stereocenters. The van der Waals surface area contributed by atoms with Crippen LogP contribution >= 0.6 is 0 Å². The monoisotopic (exact) mass is 153 g/mol. The van der Waals surface area contributed by atoms with Crippen molar-refractivity contribution in [3.05, 3.63) is 0 Å². The standard InChI is InChI=1S/C9H15NO/c1-8(2)4-5-9(11)6-10(3)7-9/h8,11H,6-7H2,1-3H3. The molecular weight excluding hydrogens is 138 g/mol. The third kappa shape index (κ3) is 2.21. The van der Waals surface area contributed by atoms with Crippen LogP contribution in [-0.2, 0) is 0 Å². The Balaban J connectivity index is 2.45. The van der Waals surface area contributed by atoms with Gasteiger partial charge in [0.15, 0.2) is 5.60 Å². The summed E-state index contributed by atoms with van der Waals surface area (Å²) in [4.78, 5) is 2.05. The normalized spacial score (nSPS) is 22.3. The minimum Gasteiger partial charge on any atom is -0.375 e. The van der Waals surface area contributed by atoms with E-state index < -0.39 is 5.60 Å². The topological polar surface area (TPSA) is 23.5 Å². The van der Waals surface area contributed by atoms with Gasteiger partial charge in [0.05, 0.1) is 0 Å². The summed E-state index contributed by atoms with van der Waals surface area (Å²) in [6, 6.07) is 0. The van der Waals surface area contributed by atoms with Crippen molar-refractivity contribution in [2.75, 3.05) is 20.1 Å². The first-order valence-corrected chi connectivity index (χ1v) is 3.95. The Morgan fingerprint density at radius 3 is 2.36 bits per heavy atom. The fourth-order valence-electron chi connectivity index (χ4n) is 1.20. The maximum absolute atomic E-state index is 9.61. The molecule has 11 heavy (non-hydrogen) atoms. The Bertz CT molecular complexity index is 193. The van der Waals surface area contributed by atoms with Crippen LogP contribution in [0.5, 0.6) is 0 Å². The first-order chi connectivity index (χ1) is 5.02. The highest BCUT2D eigenvalue weighted by atomic mass is 16.3. The van der Waals surface area contributed by atoms with Crippen LogP contribution in [-0.4, -0.2) is 35.7 Å². The molecule has 2 heteroatoms. The lowest BCUT2D eigenvalue weighted by Crippen LogP contribution is -2.59. The van der Waals surface area contributed by atoms with Gasteiger partial charge in [-0.25, -0.2) is 0 Å². The second-order valence-corrected chi connectivity index (χ2v) is 3.63. The van der Waals surface area contributed by atoms with Crippen molar-refractivity contribution in [1.82, 2.24) is 4.90 Å². The number of nitrogens with zero attached hydrogens (tertiary/aromatic N) is 1. The van der Waals surface area contributed by atoms with Crippen LogP contribution in [0.25, 0.3) is 0 Å². The summed E-state index contributed by atoms with van der Waals surface area (Å²) >= 11 is 0. The highest BCUT2D eigenvalue weighted by molar-refractivity contribution is 5.20. The number of likely N-dealkylation sites (tertiary alicyclic amines) is 1. The Hall–Kier alpha value is -0.520. The summed E-state index contributed by atoms with van der Waals surface area (Å²) in [5, 5.41) is 9.61. The molecule has 0 spiro atoms. The first kappa shape index (κ1) is 8.58. The van der Waals surface area contributed by atoms with Gasteiger partial charge in [0.2, 0.25) is 0 Å². The van der Waals surface area contributed by atoms with E-state index in [1.54, 1.807) is 0 Å². The molecule has 0 aromatic heterocycles. The fraction of sp³-hybridized carbons (Fsp3) is 0.778. The lowest BCUT2D eigenvalue weighted by molar-refractivity contribution is -0.0389. The molecule has 1 aliphatic rings. The van der Waals surface area contributed by atoms with Crippen LogP contribution in [0.2, 0.25) is 0 Å². The van der Waals surface area contributed by atoms with Crippen molar-refractivity contribution in [3.63, 3.8) is 0 Å². The molecule has 1 N–H and O–H groups in total. The maximum atomic E-state index is 9.61. The van der Waals surface area contributed by atoms with E-state index in [-0.39, 0.29) is 0 Å². The van der Waals surface area contributed by atoms with Crippen molar-refractivity contribution >= 4 is 0 Å². The Morgan fingerprint density at radius 1 is 1.45 bits per heavy atom. The van der Waals surface area contributed by atoms with Crippen molar-refractivity contribution in [2.45, 2.75) is 19.4 Å². The van der Waals surface area contributed by atoms with Gasteiger partial charge in [0, 0.05) is 19.0 Å². The molecule has 2 nitrogen and oxygen atoms in total. The number of hydrogen-bond acceptors (Lipinski definition) is 2. The van der Waals surface area contributed by atoms with Gasteiger partial charge >= 0.3 is 0 Å². The van der Waals surface area contributed by atoms with Crippen LogP contribution < -0.4 is 0 Å². The number of hydrogen-bond donors (Lipinski definition) is 1. The fourth-order valence-corrected chi connectivity index (χ4v) is 1.20. The smallest absolute Gasteiger partial charge is 0.150 e. The first-order valence-electron chi connectivity index (χ1n) is 3.95. The average molecular weight is 153 g/mol. The van der Waals surface area contributed by atoms with Gasteiger partial charge in [0.25, 0.3) is 0 Å². The third-order valence-corrected chi connectivity index (χ3v) is 1.66. The lowest BCUT2D eigenvalue weighted by atomic mass is 9.95. The van der Waals surface area contributed by atoms with Crippen LogP contribution in [0.3, 0.4) is 0 Å². The Morgan fingerprint density at radius 2 is 2.00 bits per heavy atom. The quantitative estimate of drug-likeness (QED) is 0.507. The van der Waals surface area contributed by atoms with Gasteiger partial charge in [-0.3, -0.25) is 4.90 Å². The second-order valence-electron chi connectivity index (χ2n) is 3.63. The zero-order valence-corrected chi connectivity index (χ0v) is 7.39. The van der Waals surface area contributed by atoms with E-state index in [0.29, 0.717) is 19.0 Å². The zero-order valence-electron chi connectivity index (χ0n) is 7.39. The van der Waals surface area contributed by atoms with Crippen LogP contribution in [0, 0.1) is 17.8 Å². The molecule has 1 aliphatic heterocycles. The molecule has 0 bridgehead atoms. The molecule has 0 saturated carbocycles. The van der Waals surface area contributed by atoms with E-state index in [1.165, 1.54) is 0 Å². The van der Waals surface area contributed by atoms with Gasteiger partial charge in [-0.15, -0.1) is 0 Å². The summed E-state index contributed by atoms with van der Waals surface area (Å²) < 4.78 is 0. The molecule has 1 fully saturated rings. The van der Waals surface area contributed by atoms with Gasteiger partial charge in [0.1, 0.15) is 0 Å². The van der Waals surface area contributed by atoms with Crippen molar-refractivity contribution in [3.8, 4) is 11.8 Å². The molecule has 0 radical (unpaired) electrons. The highest BCUT2D eigenvalue weighted by Crippen LogP contribution is 2.17. The number of rotatable bonds is 0. The van der Waals surface area contributed by atoms with E-state index in [9.17, 15) is 5.11 Å². The maximum Gasteiger partial charge on any atom is 0.150 e. The van der Waals surface area contributed by atoms with Crippen LogP contribution in [0.1, 0.15) is 13.8 Å². The average Bonchev–Trinajstić information content (AvgIpc) is 1.81. The molecule has 0 aliphatic carbocycles. The van der Waals surface area contributed by atoms with E-state index in [1.807, 2.05) is 20.9 Å². The van der Waals surface area contributed by atoms with E-state index in [2.05, 4.69) is 16.7 Å².